The maximum Gasteiger partial charge on any atom is 0.258 e. The quantitative estimate of drug-likeness (QED) is 0.720. The second-order valence-electron chi connectivity index (χ2n) is 7.29. The van der Waals surface area contributed by atoms with Gasteiger partial charge in [0, 0.05) is 54.2 Å². The molecule has 2 heterocycles. The van der Waals surface area contributed by atoms with Crippen LogP contribution in [0.4, 0.5) is 10.8 Å². The van der Waals surface area contributed by atoms with Crippen LogP contribution in [-0.2, 0) is 12.0 Å². The van der Waals surface area contributed by atoms with Crippen LogP contribution in [0.1, 0.15) is 42.5 Å². The van der Waals surface area contributed by atoms with Crippen molar-refractivity contribution in [3.8, 4) is 0 Å². The van der Waals surface area contributed by atoms with Gasteiger partial charge < -0.3 is 10.2 Å². The van der Waals surface area contributed by atoms with Gasteiger partial charge in [0.1, 0.15) is 5.82 Å². The Morgan fingerprint density at radius 2 is 1.78 bits per heavy atom. The largest absolute Gasteiger partial charge is 0.356 e. The van der Waals surface area contributed by atoms with Gasteiger partial charge in [-0.1, -0.05) is 32.9 Å². The molecule has 1 N–H and O–H groups in total. The van der Waals surface area contributed by atoms with Gasteiger partial charge >= 0.3 is 0 Å². The van der Waals surface area contributed by atoms with E-state index in [2.05, 4.69) is 40.4 Å². The van der Waals surface area contributed by atoms with Crippen molar-refractivity contribution < 1.29 is 4.79 Å². The molecule has 0 bridgehead atoms. The molecule has 0 saturated carbocycles. The Bertz CT molecular complexity index is 900. The summed E-state index contributed by atoms with van der Waals surface area (Å²) in [5.74, 6) is 0.786. The third-order valence-corrected chi connectivity index (χ3v) is 4.77. The first kappa shape index (κ1) is 19.0. The molecule has 0 aliphatic heterocycles. The Balaban J connectivity index is 1.62. The lowest BCUT2D eigenvalue weighted by molar-refractivity contribution is 0.0993. The zero-order chi connectivity index (χ0) is 19.4. The zero-order valence-electron chi connectivity index (χ0n) is 15.9. The van der Waals surface area contributed by atoms with Crippen LogP contribution in [0.2, 0.25) is 0 Å². The van der Waals surface area contributed by atoms with E-state index >= 15 is 0 Å². The number of aromatic nitrogens is 3. The number of carbonyl (C=O) groups is 1. The molecular weight excluding hydrogens is 358 g/mol. The second kappa shape index (κ2) is 7.84. The van der Waals surface area contributed by atoms with Crippen LogP contribution in [0.3, 0.4) is 0 Å². The molecule has 0 fully saturated rings. The number of carbonyl (C=O) groups excluding carboxylic acids is 1. The molecule has 3 aromatic rings. The van der Waals surface area contributed by atoms with Gasteiger partial charge in [-0.25, -0.2) is 4.98 Å². The second-order valence-corrected chi connectivity index (χ2v) is 8.05. The zero-order valence-corrected chi connectivity index (χ0v) is 16.7. The van der Waals surface area contributed by atoms with Gasteiger partial charge in [-0.3, -0.25) is 9.78 Å². The Kier molecular flexibility index (Phi) is 5.51. The van der Waals surface area contributed by atoms with E-state index < -0.39 is 0 Å². The first-order valence-corrected chi connectivity index (χ1v) is 9.47. The number of nitrogens with one attached hydrogen (secondary N) is 1. The summed E-state index contributed by atoms with van der Waals surface area (Å²) in [4.78, 5) is 22.6. The molecule has 0 unspecified atom stereocenters. The number of nitrogens with zero attached hydrogens (tertiary/aromatic N) is 4. The summed E-state index contributed by atoms with van der Waals surface area (Å²) >= 11 is 1.38. The first-order chi connectivity index (χ1) is 12.8. The number of hydrogen-bond acceptors (Lipinski definition) is 6. The predicted octanol–water partition coefficient (Wildman–Crippen LogP) is 4.12. The van der Waals surface area contributed by atoms with Gasteiger partial charge in [-0.05, 0) is 29.8 Å². The lowest BCUT2D eigenvalue weighted by Gasteiger charge is -2.17. The van der Waals surface area contributed by atoms with Crippen LogP contribution < -0.4 is 10.2 Å². The molecule has 2 aromatic heterocycles. The third kappa shape index (κ3) is 4.68. The first-order valence-electron chi connectivity index (χ1n) is 8.69. The van der Waals surface area contributed by atoms with E-state index in [1.165, 1.54) is 11.5 Å². The summed E-state index contributed by atoms with van der Waals surface area (Å²) in [7, 11) is 1.77. The highest BCUT2D eigenvalue weighted by molar-refractivity contribution is 7.09. The van der Waals surface area contributed by atoms with Crippen molar-refractivity contribution in [3.63, 3.8) is 0 Å². The lowest BCUT2D eigenvalue weighted by atomic mass is 9.96. The number of pyridine rings is 1. The van der Waals surface area contributed by atoms with Gasteiger partial charge in [0.15, 0.2) is 0 Å². The van der Waals surface area contributed by atoms with Crippen molar-refractivity contribution >= 4 is 28.3 Å². The molecule has 7 heteroatoms. The fourth-order valence-electron chi connectivity index (χ4n) is 2.42. The normalized spacial score (nSPS) is 11.3. The van der Waals surface area contributed by atoms with Gasteiger partial charge in [-0.2, -0.15) is 4.37 Å². The number of benzene rings is 1. The van der Waals surface area contributed by atoms with E-state index in [4.69, 9.17) is 0 Å². The standard InChI is InChI=1S/C20H23N5OS/c1-20(2,3)18-23-19(27-24-18)22-13-14-5-7-16(8-6-14)25(4)17(26)15-9-11-21-12-10-15/h5-12H,13H2,1-4H3,(H,22,23,24). The molecule has 0 atom stereocenters. The van der Waals surface area contributed by atoms with Crippen molar-refractivity contribution in [2.24, 2.45) is 0 Å². The van der Waals surface area contributed by atoms with Gasteiger partial charge in [0.05, 0.1) is 0 Å². The van der Waals surface area contributed by atoms with E-state index in [0.717, 1.165) is 22.2 Å². The van der Waals surface area contributed by atoms with E-state index in [-0.39, 0.29) is 11.3 Å². The molecule has 6 nitrogen and oxygen atoms in total. The topological polar surface area (TPSA) is 71.0 Å². The van der Waals surface area contributed by atoms with Crippen molar-refractivity contribution in [1.29, 1.82) is 0 Å². The van der Waals surface area contributed by atoms with E-state index in [1.807, 2.05) is 24.3 Å². The molecule has 1 aromatic carbocycles. The monoisotopic (exact) mass is 381 g/mol. The molecule has 140 valence electrons. The van der Waals surface area contributed by atoms with Crippen LogP contribution in [0.15, 0.2) is 48.8 Å². The minimum atomic E-state index is -0.0631. The summed E-state index contributed by atoms with van der Waals surface area (Å²) in [6.45, 7) is 6.95. The fourth-order valence-corrected chi connectivity index (χ4v) is 3.17. The molecule has 3 rings (SSSR count). The van der Waals surface area contributed by atoms with Crippen LogP contribution in [0.5, 0.6) is 0 Å². The molecular formula is C20H23N5OS. The Morgan fingerprint density at radius 1 is 1.11 bits per heavy atom. The summed E-state index contributed by atoms with van der Waals surface area (Å²) in [6.07, 6.45) is 3.24. The van der Waals surface area contributed by atoms with Gasteiger partial charge in [0.2, 0.25) is 5.13 Å². The average Bonchev–Trinajstić information content (AvgIpc) is 3.16. The number of rotatable bonds is 5. The van der Waals surface area contributed by atoms with Crippen LogP contribution in [-0.4, -0.2) is 27.3 Å². The summed E-state index contributed by atoms with van der Waals surface area (Å²) in [5, 5.41) is 4.12. The van der Waals surface area contributed by atoms with Crippen molar-refractivity contribution in [1.82, 2.24) is 14.3 Å². The Hall–Kier alpha value is -2.80. The van der Waals surface area contributed by atoms with E-state index in [9.17, 15) is 4.79 Å². The smallest absolute Gasteiger partial charge is 0.258 e. The Labute approximate surface area is 163 Å². The lowest BCUT2D eigenvalue weighted by Crippen LogP contribution is -2.26. The predicted molar refractivity (Wildman–Crippen MR) is 109 cm³/mol. The molecule has 0 saturated heterocycles. The molecule has 0 spiro atoms. The van der Waals surface area contributed by atoms with Crippen molar-refractivity contribution in [2.75, 3.05) is 17.3 Å². The van der Waals surface area contributed by atoms with E-state index in [1.54, 1.807) is 36.5 Å². The fraction of sp³-hybridized carbons (Fsp3) is 0.300. The minimum absolute atomic E-state index is 0.0516. The van der Waals surface area contributed by atoms with Crippen LogP contribution in [0.25, 0.3) is 0 Å². The van der Waals surface area contributed by atoms with Crippen LogP contribution >= 0.6 is 11.5 Å². The molecule has 0 radical (unpaired) electrons. The summed E-state index contributed by atoms with van der Waals surface area (Å²) in [5.41, 5.74) is 2.51. The minimum Gasteiger partial charge on any atom is -0.356 e. The molecule has 1 amide bonds. The van der Waals surface area contributed by atoms with E-state index in [0.29, 0.717) is 12.1 Å². The molecule has 0 aliphatic rings. The Morgan fingerprint density at radius 3 is 2.37 bits per heavy atom. The summed E-state index contributed by atoms with van der Waals surface area (Å²) in [6, 6.07) is 11.3. The SMILES string of the molecule is CN(C(=O)c1ccncc1)c1ccc(CNc2nc(C(C)(C)C)ns2)cc1. The number of anilines is 2. The van der Waals surface area contributed by atoms with Gasteiger partial charge in [-0.15, -0.1) is 0 Å². The van der Waals surface area contributed by atoms with Crippen molar-refractivity contribution in [3.05, 3.63) is 65.7 Å². The summed E-state index contributed by atoms with van der Waals surface area (Å²) < 4.78 is 4.40. The molecule has 27 heavy (non-hydrogen) atoms. The molecule has 0 aliphatic carbocycles. The van der Waals surface area contributed by atoms with Crippen LogP contribution in [0, 0.1) is 0 Å². The highest BCUT2D eigenvalue weighted by Gasteiger charge is 2.19. The highest BCUT2D eigenvalue weighted by atomic mass is 32.1. The van der Waals surface area contributed by atoms with Gasteiger partial charge in [0.25, 0.3) is 5.91 Å². The third-order valence-electron chi connectivity index (χ3n) is 4.10. The highest BCUT2D eigenvalue weighted by Crippen LogP contribution is 2.23. The maximum absolute atomic E-state index is 12.5. The average molecular weight is 382 g/mol. The maximum atomic E-state index is 12.5. The number of amides is 1. The van der Waals surface area contributed by atoms with Crippen molar-refractivity contribution in [2.45, 2.75) is 32.7 Å². The number of hydrogen-bond donors (Lipinski definition) is 1.